The van der Waals surface area contributed by atoms with E-state index in [1.165, 1.54) is 4.90 Å². The Morgan fingerprint density at radius 1 is 0.969 bits per heavy atom. The van der Waals surface area contributed by atoms with Gasteiger partial charge in [0.1, 0.15) is 35.6 Å². The van der Waals surface area contributed by atoms with E-state index in [1.54, 1.807) is 25.4 Å². The average molecular weight is 913 g/mol. The summed E-state index contributed by atoms with van der Waals surface area (Å²) in [5, 5.41) is 6.65. The number of pyridine rings is 2. The van der Waals surface area contributed by atoms with Gasteiger partial charge in [-0.3, -0.25) is 19.1 Å². The van der Waals surface area contributed by atoms with Crippen molar-refractivity contribution in [3.05, 3.63) is 54.7 Å². The van der Waals surface area contributed by atoms with Gasteiger partial charge in [-0.05, 0) is 131 Å². The number of benzene rings is 1. The molecule has 1 saturated heterocycles. The number of nitrogens with zero attached hydrogens (tertiary/aromatic N) is 3. The number of carbonyl (C=O) groups is 4. The first-order chi connectivity index (χ1) is 31.1. The summed E-state index contributed by atoms with van der Waals surface area (Å²) in [6, 6.07) is 8.83. The Hall–Kier alpha value is -5.45. The third-order valence-corrected chi connectivity index (χ3v) is 15.9. The number of hydrogen-bond acceptors (Lipinski definition) is 12. The fraction of sp³-hybridized carbons (Fsp3) is 0.583. The van der Waals surface area contributed by atoms with Gasteiger partial charge in [0.15, 0.2) is 0 Å². The maximum absolute atomic E-state index is 15.2. The van der Waals surface area contributed by atoms with Crippen molar-refractivity contribution in [3.8, 4) is 28.8 Å². The van der Waals surface area contributed by atoms with Crippen LogP contribution in [0.2, 0.25) is 0 Å². The van der Waals surface area contributed by atoms with E-state index in [0.717, 1.165) is 31.1 Å². The number of hydrogen-bond donors (Lipinski definition) is 3. The lowest BCUT2D eigenvalue weighted by molar-refractivity contribution is -0.142. The minimum atomic E-state index is -3.93. The molecule has 2 aliphatic heterocycles. The first-order valence-corrected chi connectivity index (χ1v) is 24.7. The van der Waals surface area contributed by atoms with E-state index in [0.29, 0.717) is 65.8 Å². The van der Waals surface area contributed by atoms with Gasteiger partial charge in [0.2, 0.25) is 33.6 Å². The maximum atomic E-state index is 15.2. The van der Waals surface area contributed by atoms with Crippen LogP contribution in [0.25, 0.3) is 22.0 Å². The number of sulfonamides is 1. The van der Waals surface area contributed by atoms with E-state index in [9.17, 15) is 22.8 Å². The molecule has 1 aromatic carbocycles. The van der Waals surface area contributed by atoms with Crippen molar-refractivity contribution >= 4 is 44.6 Å². The lowest BCUT2D eigenvalue weighted by Gasteiger charge is -2.33. The van der Waals surface area contributed by atoms with Gasteiger partial charge in [0, 0.05) is 35.6 Å². The minimum absolute atomic E-state index is 0.00923. The molecule has 65 heavy (non-hydrogen) atoms. The first-order valence-electron chi connectivity index (χ1n) is 23.2. The summed E-state index contributed by atoms with van der Waals surface area (Å²) in [4.78, 5) is 68.4. The molecule has 0 bridgehead atoms. The molecular formula is C48H60N6O10S. The van der Waals surface area contributed by atoms with E-state index in [4.69, 9.17) is 23.9 Å². The molecule has 0 radical (unpaired) electrons. The van der Waals surface area contributed by atoms with Crippen molar-refractivity contribution < 1.29 is 46.5 Å². The molecule has 4 saturated carbocycles. The smallest absolute Gasteiger partial charge is 0.408 e. The summed E-state index contributed by atoms with van der Waals surface area (Å²) in [7, 11) is -2.35. The quantitative estimate of drug-likeness (QED) is 0.195. The fourth-order valence-corrected chi connectivity index (χ4v) is 11.5. The van der Waals surface area contributed by atoms with Crippen LogP contribution >= 0.6 is 0 Å². The Balaban J connectivity index is 1.05. The number of nitrogens with one attached hydrogen (secondary N) is 3. The van der Waals surface area contributed by atoms with Gasteiger partial charge in [-0.15, -0.1) is 0 Å². The second-order valence-corrected chi connectivity index (χ2v) is 21.5. The summed E-state index contributed by atoms with van der Waals surface area (Å²) in [6.07, 6.45) is 9.78. The van der Waals surface area contributed by atoms with E-state index >= 15 is 4.79 Å². The van der Waals surface area contributed by atoms with Crippen LogP contribution in [0, 0.1) is 29.6 Å². The minimum Gasteiger partial charge on any atom is -0.497 e. The third-order valence-electron chi connectivity index (χ3n) is 14.0. The number of ether oxygens (including phenoxy) is 4. The molecule has 4 heterocycles. The van der Waals surface area contributed by atoms with E-state index < -0.39 is 68.7 Å². The summed E-state index contributed by atoms with van der Waals surface area (Å²) in [6.45, 7) is 7.82. The standard InChI is InChI=1S/C48H60N6O10S/c1-26(2)62-41-15-10-29(24-49-41)39-21-32-20-34(61-5)11-14-38(32)44(50-39)63-36-22-40-43(55)52-48(46(57)53-65(59,60)37-12-13-37)23-33(48)9-7-6-8-27(3)16-28(4)42(45(56)54(40)25-36)51-47(58)64-35-18-30-17-31(30)19-35/h7,9-11,14-15,20-21,24,26-28,30-31,33,35-37,40,42H,6,8,12-13,16-19,22-23,25H2,1-5H3,(H,51,58)(H,52,55)(H,53,57)/b9-7-/t27-,28-,30-,31+,33-,35?,36-,40+,42+,48-/m1/s1. The molecule has 6 aliphatic rings. The number of allylic oxidation sites excluding steroid dienone is 1. The van der Waals surface area contributed by atoms with Crippen LogP contribution in [0.1, 0.15) is 91.9 Å². The van der Waals surface area contributed by atoms with Gasteiger partial charge < -0.3 is 34.5 Å². The fourth-order valence-electron chi connectivity index (χ4n) is 10.1. The zero-order valence-corrected chi connectivity index (χ0v) is 38.5. The number of rotatable bonds is 11. The summed E-state index contributed by atoms with van der Waals surface area (Å²) in [5.41, 5.74) is -0.290. The van der Waals surface area contributed by atoms with Crippen molar-refractivity contribution in [1.82, 2.24) is 30.2 Å². The molecule has 3 N–H and O–H groups in total. The molecule has 4 amide bonds. The predicted molar refractivity (Wildman–Crippen MR) is 240 cm³/mol. The highest BCUT2D eigenvalue weighted by Gasteiger charge is 2.62. The Bertz CT molecular complexity index is 2470. The molecule has 4 aliphatic carbocycles. The highest BCUT2D eigenvalue weighted by molar-refractivity contribution is 7.91. The number of amides is 4. The Morgan fingerprint density at radius 2 is 1.75 bits per heavy atom. The van der Waals surface area contributed by atoms with Crippen molar-refractivity contribution in [3.63, 3.8) is 0 Å². The molecule has 9 rings (SSSR count). The molecule has 2 aromatic heterocycles. The largest absolute Gasteiger partial charge is 0.497 e. The number of aromatic nitrogens is 2. The molecule has 348 valence electrons. The van der Waals surface area contributed by atoms with Crippen LogP contribution in [-0.4, -0.2) is 102 Å². The van der Waals surface area contributed by atoms with Crippen LogP contribution in [-0.2, 0) is 29.1 Å². The van der Waals surface area contributed by atoms with Gasteiger partial charge in [-0.2, -0.15) is 0 Å². The first kappa shape index (κ1) is 44.7. The molecule has 10 atom stereocenters. The van der Waals surface area contributed by atoms with Gasteiger partial charge in [0.25, 0.3) is 5.91 Å². The molecule has 17 heteroatoms. The summed E-state index contributed by atoms with van der Waals surface area (Å²) < 4.78 is 52.3. The van der Waals surface area contributed by atoms with Gasteiger partial charge in [-0.1, -0.05) is 26.0 Å². The van der Waals surface area contributed by atoms with E-state index in [2.05, 4.69) is 27.3 Å². The van der Waals surface area contributed by atoms with Crippen molar-refractivity contribution in [2.75, 3.05) is 13.7 Å². The van der Waals surface area contributed by atoms with E-state index in [1.807, 2.05) is 57.2 Å². The predicted octanol–water partition coefficient (Wildman–Crippen LogP) is 5.83. The lowest BCUT2D eigenvalue weighted by atomic mass is 9.88. The highest BCUT2D eigenvalue weighted by Crippen LogP contribution is 2.52. The monoisotopic (exact) mass is 912 g/mol. The van der Waals surface area contributed by atoms with Crippen LogP contribution in [0.3, 0.4) is 0 Å². The molecule has 5 fully saturated rings. The number of methoxy groups -OCH3 is 1. The number of carbonyl (C=O) groups excluding carboxylic acids is 4. The van der Waals surface area contributed by atoms with Crippen molar-refractivity contribution in [1.29, 1.82) is 0 Å². The average Bonchev–Trinajstić information content (AvgIpc) is 4.23. The molecule has 1 unspecified atom stereocenters. The third kappa shape index (κ3) is 9.75. The molecule has 0 spiro atoms. The van der Waals surface area contributed by atoms with Crippen LogP contribution in [0.15, 0.2) is 54.7 Å². The molecular weight excluding hydrogens is 853 g/mol. The van der Waals surface area contributed by atoms with E-state index in [-0.39, 0.29) is 49.3 Å². The van der Waals surface area contributed by atoms with Gasteiger partial charge in [0.05, 0.1) is 30.7 Å². The molecule has 16 nitrogen and oxygen atoms in total. The van der Waals surface area contributed by atoms with Crippen molar-refractivity contribution in [2.24, 2.45) is 29.6 Å². The zero-order chi connectivity index (χ0) is 45.8. The van der Waals surface area contributed by atoms with Crippen LogP contribution in [0.4, 0.5) is 4.79 Å². The zero-order valence-electron chi connectivity index (χ0n) is 37.7. The Kier molecular flexibility index (Phi) is 12.2. The Labute approximate surface area is 380 Å². The van der Waals surface area contributed by atoms with Gasteiger partial charge >= 0.3 is 6.09 Å². The SMILES string of the molecule is COc1ccc2c(O[C@@H]3C[C@H]4C(=O)N[C@]5(C(=O)NS(=O)(=O)C6CC6)C[C@H]5/C=C\CC[C@@H](C)C[C@@H](C)[C@H](NC(=O)OC5C[C@@H]6C[C@@H]6C5)C(=O)N4C3)nc(-c3ccc(OC(C)C)nc3)cc2c1. The number of alkyl carbamates (subject to hydrolysis) is 1. The second-order valence-electron chi connectivity index (χ2n) is 19.6. The van der Waals surface area contributed by atoms with Crippen LogP contribution in [0.5, 0.6) is 17.5 Å². The molecule has 3 aromatic rings. The van der Waals surface area contributed by atoms with Gasteiger partial charge in [-0.25, -0.2) is 23.2 Å². The topological polar surface area (TPSA) is 204 Å². The summed E-state index contributed by atoms with van der Waals surface area (Å²) in [5.74, 6) is -0.0477. The van der Waals surface area contributed by atoms with Crippen molar-refractivity contribution in [2.45, 2.75) is 133 Å². The Morgan fingerprint density at radius 3 is 2.46 bits per heavy atom. The normalized spacial score (nSPS) is 31.6. The lowest BCUT2D eigenvalue weighted by Crippen LogP contribution is -2.59. The maximum Gasteiger partial charge on any atom is 0.408 e. The number of fused-ring (bicyclic) bond motifs is 4. The second kappa shape index (κ2) is 17.7. The summed E-state index contributed by atoms with van der Waals surface area (Å²) >= 11 is 0. The highest BCUT2D eigenvalue weighted by atomic mass is 32.2. The van der Waals surface area contributed by atoms with Crippen LogP contribution < -0.4 is 29.6 Å².